The van der Waals surface area contributed by atoms with Gasteiger partial charge >= 0.3 is 5.51 Å². The molecular weight excluding hydrogens is 321 g/mol. The number of halogens is 4. The first-order chi connectivity index (χ1) is 7.92. The Morgan fingerprint density at radius 2 is 2.06 bits per heavy atom. The second kappa shape index (κ2) is 6.39. The third kappa shape index (κ3) is 5.54. The Morgan fingerprint density at radius 3 is 2.59 bits per heavy atom. The third-order valence-electron chi connectivity index (χ3n) is 1.75. The van der Waals surface area contributed by atoms with Gasteiger partial charge in [-0.2, -0.15) is 13.2 Å². The van der Waals surface area contributed by atoms with Crippen LogP contribution in [0.15, 0.2) is 22.7 Å². The van der Waals surface area contributed by atoms with Gasteiger partial charge < -0.3 is 9.47 Å². The molecule has 1 aromatic carbocycles. The minimum atomic E-state index is -4.21. The van der Waals surface area contributed by atoms with E-state index in [-0.39, 0.29) is 24.1 Å². The maximum atomic E-state index is 11.8. The van der Waals surface area contributed by atoms with Crippen molar-refractivity contribution in [3.8, 4) is 11.5 Å². The Hall–Kier alpha value is -0.560. The highest BCUT2D eigenvalue weighted by Crippen LogP contribution is 2.31. The van der Waals surface area contributed by atoms with Gasteiger partial charge in [0, 0.05) is 5.75 Å². The Kier molecular flexibility index (Phi) is 5.45. The second-order valence-electron chi connectivity index (χ2n) is 2.94. The first-order valence-electron chi connectivity index (χ1n) is 4.59. The monoisotopic (exact) mass is 330 g/mol. The van der Waals surface area contributed by atoms with Crippen molar-refractivity contribution in [2.24, 2.45) is 0 Å². The van der Waals surface area contributed by atoms with E-state index in [0.29, 0.717) is 16.0 Å². The summed E-state index contributed by atoms with van der Waals surface area (Å²) >= 11 is 3.15. The van der Waals surface area contributed by atoms with Gasteiger partial charge in [0.2, 0.25) is 0 Å². The molecule has 96 valence electrons. The number of benzene rings is 1. The topological polar surface area (TPSA) is 18.5 Å². The number of alkyl halides is 3. The number of rotatable bonds is 5. The normalized spacial score (nSPS) is 11.4. The highest BCUT2D eigenvalue weighted by Gasteiger charge is 2.27. The molecule has 1 aromatic rings. The van der Waals surface area contributed by atoms with Crippen molar-refractivity contribution in [1.82, 2.24) is 0 Å². The number of ether oxygens (including phenoxy) is 2. The van der Waals surface area contributed by atoms with Crippen LogP contribution in [-0.2, 0) is 0 Å². The Labute approximate surface area is 110 Å². The molecule has 1 rings (SSSR count). The van der Waals surface area contributed by atoms with E-state index >= 15 is 0 Å². The summed E-state index contributed by atoms with van der Waals surface area (Å²) in [5.74, 6) is 1.00. The molecule has 0 heterocycles. The lowest BCUT2D eigenvalue weighted by Crippen LogP contribution is -2.07. The van der Waals surface area contributed by atoms with Crippen molar-refractivity contribution in [2.45, 2.75) is 5.51 Å². The molecule has 0 atom stereocenters. The molecule has 17 heavy (non-hydrogen) atoms. The van der Waals surface area contributed by atoms with Crippen LogP contribution in [0.1, 0.15) is 0 Å². The molecule has 2 nitrogen and oxygen atoms in total. The van der Waals surface area contributed by atoms with Crippen LogP contribution in [0.4, 0.5) is 13.2 Å². The van der Waals surface area contributed by atoms with E-state index in [1.165, 1.54) is 7.11 Å². The Bertz CT molecular complexity index is 371. The summed E-state index contributed by atoms with van der Waals surface area (Å²) in [4.78, 5) is 0. The molecule has 0 bridgehead atoms. The lowest BCUT2D eigenvalue weighted by atomic mass is 10.3. The van der Waals surface area contributed by atoms with E-state index in [9.17, 15) is 13.2 Å². The highest BCUT2D eigenvalue weighted by molar-refractivity contribution is 9.10. The second-order valence-corrected chi connectivity index (χ2v) is 4.95. The summed E-state index contributed by atoms with van der Waals surface area (Å²) in [6, 6.07) is 5.00. The van der Waals surface area contributed by atoms with Crippen molar-refractivity contribution in [2.75, 3.05) is 19.5 Å². The zero-order valence-electron chi connectivity index (χ0n) is 8.88. The first-order valence-corrected chi connectivity index (χ1v) is 6.37. The van der Waals surface area contributed by atoms with E-state index in [1.54, 1.807) is 18.2 Å². The lowest BCUT2D eigenvalue weighted by Gasteiger charge is -2.10. The fourth-order valence-corrected chi connectivity index (χ4v) is 1.90. The van der Waals surface area contributed by atoms with E-state index in [4.69, 9.17) is 9.47 Å². The minimum absolute atomic E-state index is 0.00486. The maximum Gasteiger partial charge on any atom is 0.441 e. The summed E-state index contributed by atoms with van der Waals surface area (Å²) < 4.78 is 46.4. The summed E-state index contributed by atoms with van der Waals surface area (Å²) in [6.45, 7) is -0.00486. The van der Waals surface area contributed by atoms with Gasteiger partial charge in [0.15, 0.2) is 0 Å². The van der Waals surface area contributed by atoms with Crippen molar-refractivity contribution in [3.05, 3.63) is 22.7 Å². The summed E-state index contributed by atoms with van der Waals surface area (Å²) in [6.07, 6.45) is 0. The van der Waals surface area contributed by atoms with Crippen molar-refractivity contribution >= 4 is 27.7 Å². The molecule has 0 saturated heterocycles. The zero-order chi connectivity index (χ0) is 12.9. The highest BCUT2D eigenvalue weighted by atomic mass is 79.9. The molecule has 0 spiro atoms. The van der Waals surface area contributed by atoms with Crippen LogP contribution in [-0.4, -0.2) is 25.0 Å². The summed E-state index contributed by atoms with van der Waals surface area (Å²) in [7, 11) is 1.53. The molecule has 0 aromatic heterocycles. The quantitative estimate of drug-likeness (QED) is 0.757. The van der Waals surface area contributed by atoms with Crippen molar-refractivity contribution in [1.29, 1.82) is 0 Å². The third-order valence-corrected chi connectivity index (χ3v) is 3.06. The maximum absolute atomic E-state index is 11.8. The van der Waals surface area contributed by atoms with Gasteiger partial charge in [-0.3, -0.25) is 0 Å². The van der Waals surface area contributed by atoms with Crippen LogP contribution < -0.4 is 9.47 Å². The number of thioether (sulfide) groups is 1. The fourth-order valence-electron chi connectivity index (χ4n) is 1.03. The predicted octanol–water partition coefficient (Wildman–Crippen LogP) is 4.09. The molecule has 7 heteroatoms. The van der Waals surface area contributed by atoms with Crippen LogP contribution in [0, 0.1) is 0 Å². The zero-order valence-corrected chi connectivity index (χ0v) is 11.3. The molecule has 0 aliphatic carbocycles. The van der Waals surface area contributed by atoms with Gasteiger partial charge in [-0.15, -0.1) is 0 Å². The molecule has 0 aliphatic rings. The lowest BCUT2D eigenvalue weighted by molar-refractivity contribution is -0.0329. The number of hydrogen-bond acceptors (Lipinski definition) is 3. The first kappa shape index (κ1) is 14.5. The smallest absolute Gasteiger partial charge is 0.441 e. The average Bonchev–Trinajstić information content (AvgIpc) is 2.24. The van der Waals surface area contributed by atoms with Crippen LogP contribution in [0.2, 0.25) is 0 Å². The average molecular weight is 331 g/mol. The molecule has 0 unspecified atom stereocenters. The molecule has 0 aliphatic heterocycles. The Balaban J connectivity index is 2.42. The SMILES string of the molecule is COc1ccc(OCCSC(F)(F)F)c(Br)c1. The van der Waals surface area contributed by atoms with Gasteiger partial charge in [-0.05, 0) is 45.9 Å². The van der Waals surface area contributed by atoms with Crippen LogP contribution in [0.3, 0.4) is 0 Å². The van der Waals surface area contributed by atoms with Crippen molar-refractivity contribution in [3.63, 3.8) is 0 Å². The van der Waals surface area contributed by atoms with Crippen LogP contribution in [0.25, 0.3) is 0 Å². The standard InChI is InChI=1S/C10H10BrF3O2S/c1-15-7-2-3-9(8(11)6-7)16-4-5-17-10(12,13)14/h2-3,6H,4-5H2,1H3. The predicted molar refractivity (Wildman–Crippen MR) is 64.7 cm³/mol. The van der Waals surface area contributed by atoms with Gasteiger partial charge in [-0.1, -0.05) is 0 Å². The molecule has 0 amide bonds. The van der Waals surface area contributed by atoms with Gasteiger partial charge in [0.25, 0.3) is 0 Å². The molecule has 0 saturated carbocycles. The van der Waals surface area contributed by atoms with Crippen LogP contribution >= 0.6 is 27.7 Å². The van der Waals surface area contributed by atoms with Crippen molar-refractivity contribution < 1.29 is 22.6 Å². The van der Waals surface area contributed by atoms with Crippen LogP contribution in [0.5, 0.6) is 11.5 Å². The van der Waals surface area contributed by atoms with Gasteiger partial charge in [0.1, 0.15) is 11.5 Å². The number of methoxy groups -OCH3 is 1. The molecule has 0 radical (unpaired) electrons. The summed E-state index contributed by atoms with van der Waals surface area (Å²) in [5.41, 5.74) is -4.21. The van der Waals surface area contributed by atoms with E-state index < -0.39 is 5.51 Å². The molecule has 0 fully saturated rings. The fraction of sp³-hybridized carbons (Fsp3) is 0.400. The summed E-state index contributed by atoms with van der Waals surface area (Å²) in [5, 5.41) is 0. The minimum Gasteiger partial charge on any atom is -0.497 e. The van der Waals surface area contributed by atoms with E-state index in [1.807, 2.05) is 0 Å². The van der Waals surface area contributed by atoms with Gasteiger partial charge in [-0.25, -0.2) is 0 Å². The largest absolute Gasteiger partial charge is 0.497 e. The van der Waals surface area contributed by atoms with Gasteiger partial charge in [0.05, 0.1) is 18.2 Å². The van der Waals surface area contributed by atoms with E-state index in [2.05, 4.69) is 15.9 Å². The number of hydrogen-bond donors (Lipinski definition) is 0. The van der Waals surface area contributed by atoms with E-state index in [0.717, 1.165) is 0 Å². The Morgan fingerprint density at radius 1 is 1.35 bits per heavy atom. The molecule has 0 N–H and O–H groups in total. The molecular formula is C10H10BrF3O2S.